The van der Waals surface area contributed by atoms with Gasteiger partial charge in [0, 0.05) is 42.2 Å². The Morgan fingerprint density at radius 3 is 2.80 bits per heavy atom. The lowest BCUT2D eigenvalue weighted by molar-refractivity contribution is 0.165. The number of hydrogen-bond donors (Lipinski definition) is 1. The maximum Gasteiger partial charge on any atom is 0.128 e. The zero-order chi connectivity index (χ0) is 14.7. The van der Waals surface area contributed by atoms with Gasteiger partial charge in [0.25, 0.3) is 0 Å². The Morgan fingerprint density at radius 2 is 2.15 bits per heavy atom. The van der Waals surface area contributed by atoms with Crippen molar-refractivity contribution in [2.24, 2.45) is 0 Å². The third kappa shape index (κ3) is 2.67. The fraction of sp³-hybridized carbons (Fsp3) is 0.467. The summed E-state index contributed by atoms with van der Waals surface area (Å²) in [4.78, 5) is 4.42. The number of pyridine rings is 1. The second kappa shape index (κ2) is 6.05. The molecule has 0 aliphatic heterocycles. The van der Waals surface area contributed by atoms with E-state index >= 15 is 0 Å². The highest BCUT2D eigenvalue weighted by molar-refractivity contribution is 5.41. The number of hydrogen-bond acceptors (Lipinski definition) is 4. The summed E-state index contributed by atoms with van der Waals surface area (Å²) < 4.78 is 7.19. The molecule has 0 saturated carbocycles. The molecule has 0 radical (unpaired) electrons. The Labute approximate surface area is 119 Å². The van der Waals surface area contributed by atoms with Gasteiger partial charge in [-0.15, -0.1) is 0 Å². The molecule has 0 aliphatic rings. The molecule has 2 aromatic heterocycles. The highest BCUT2D eigenvalue weighted by atomic mass is 16.5. The highest BCUT2D eigenvalue weighted by Crippen LogP contribution is 2.27. The van der Waals surface area contributed by atoms with Gasteiger partial charge < -0.3 is 9.84 Å². The van der Waals surface area contributed by atoms with Crippen molar-refractivity contribution in [3.63, 3.8) is 0 Å². The summed E-state index contributed by atoms with van der Waals surface area (Å²) in [5, 5.41) is 14.6. The molecule has 2 rings (SSSR count). The fourth-order valence-electron chi connectivity index (χ4n) is 2.45. The van der Waals surface area contributed by atoms with Gasteiger partial charge in [0.15, 0.2) is 0 Å². The topological polar surface area (TPSA) is 60.2 Å². The molecule has 1 unspecified atom stereocenters. The largest absolute Gasteiger partial charge is 0.496 e. The second-order valence-electron chi connectivity index (χ2n) is 4.84. The summed E-state index contributed by atoms with van der Waals surface area (Å²) >= 11 is 0. The first-order chi connectivity index (χ1) is 9.58. The number of rotatable bonds is 5. The van der Waals surface area contributed by atoms with E-state index in [-0.39, 0.29) is 0 Å². The number of methoxy groups -OCH3 is 1. The van der Waals surface area contributed by atoms with Crippen molar-refractivity contribution < 1.29 is 9.84 Å². The van der Waals surface area contributed by atoms with E-state index in [0.29, 0.717) is 6.42 Å². The molecule has 2 heterocycles. The van der Waals surface area contributed by atoms with E-state index in [1.54, 1.807) is 24.2 Å². The van der Waals surface area contributed by atoms with E-state index < -0.39 is 6.10 Å². The van der Waals surface area contributed by atoms with Crippen molar-refractivity contribution in [1.29, 1.82) is 0 Å². The third-order valence-corrected chi connectivity index (χ3v) is 3.53. The van der Waals surface area contributed by atoms with Gasteiger partial charge >= 0.3 is 0 Å². The number of aryl methyl sites for hydroxylation is 2. The number of ether oxygens (including phenoxy) is 1. The molecule has 0 amide bonds. The number of nitrogens with zero attached hydrogens (tertiary/aromatic N) is 3. The van der Waals surface area contributed by atoms with Crippen molar-refractivity contribution in [1.82, 2.24) is 14.8 Å². The normalized spacial score (nSPS) is 12.4. The van der Waals surface area contributed by atoms with Crippen LogP contribution in [0.3, 0.4) is 0 Å². The Morgan fingerprint density at radius 1 is 1.40 bits per heavy atom. The van der Waals surface area contributed by atoms with Crippen LogP contribution in [-0.4, -0.2) is 27.0 Å². The van der Waals surface area contributed by atoms with Crippen LogP contribution in [0, 0.1) is 13.8 Å². The first-order valence-corrected chi connectivity index (χ1v) is 6.77. The Kier molecular flexibility index (Phi) is 4.39. The molecule has 0 fully saturated rings. The summed E-state index contributed by atoms with van der Waals surface area (Å²) in [5.74, 6) is 0.839. The van der Waals surface area contributed by atoms with Gasteiger partial charge in [0.05, 0.1) is 12.8 Å². The third-order valence-electron chi connectivity index (χ3n) is 3.53. The average molecular weight is 275 g/mol. The van der Waals surface area contributed by atoms with Crippen molar-refractivity contribution in [3.8, 4) is 5.75 Å². The van der Waals surface area contributed by atoms with Crippen molar-refractivity contribution >= 4 is 0 Å². The van der Waals surface area contributed by atoms with E-state index in [2.05, 4.69) is 10.1 Å². The van der Waals surface area contributed by atoms with Crippen LogP contribution in [0.5, 0.6) is 5.75 Å². The lowest BCUT2D eigenvalue weighted by Gasteiger charge is -2.16. The molecular formula is C15H21N3O2. The SMILES string of the molecule is CCn1nccc1C(O)Cc1ncc(C)c(OC)c1C. The molecule has 20 heavy (non-hydrogen) atoms. The predicted molar refractivity (Wildman–Crippen MR) is 76.8 cm³/mol. The number of aromatic nitrogens is 3. The predicted octanol–water partition coefficient (Wildman–Crippen LogP) is 2.20. The first-order valence-electron chi connectivity index (χ1n) is 6.77. The maximum atomic E-state index is 10.4. The standard InChI is InChI=1S/C15H21N3O2/c1-5-18-13(6-7-17-18)14(19)8-12-11(3)15(20-4)10(2)9-16-12/h6-7,9,14,19H,5,8H2,1-4H3. The zero-order valence-electron chi connectivity index (χ0n) is 12.4. The van der Waals surface area contributed by atoms with Gasteiger partial charge in [-0.3, -0.25) is 9.67 Å². The molecule has 0 spiro atoms. The van der Waals surface area contributed by atoms with Crippen molar-refractivity contribution in [3.05, 3.63) is 41.0 Å². The van der Waals surface area contributed by atoms with E-state index in [1.807, 2.05) is 26.8 Å². The van der Waals surface area contributed by atoms with Crippen LogP contribution < -0.4 is 4.74 Å². The van der Waals surface area contributed by atoms with Crippen LogP contribution in [0.1, 0.15) is 35.5 Å². The Balaban J connectivity index is 2.26. The van der Waals surface area contributed by atoms with Gasteiger partial charge in [-0.25, -0.2) is 0 Å². The molecular weight excluding hydrogens is 254 g/mol. The summed E-state index contributed by atoms with van der Waals surface area (Å²) in [7, 11) is 1.65. The van der Waals surface area contributed by atoms with Crippen LogP contribution in [0.2, 0.25) is 0 Å². The minimum atomic E-state index is -0.615. The van der Waals surface area contributed by atoms with Crippen LogP contribution in [0.25, 0.3) is 0 Å². The second-order valence-corrected chi connectivity index (χ2v) is 4.84. The minimum Gasteiger partial charge on any atom is -0.496 e. The van der Waals surface area contributed by atoms with E-state index in [0.717, 1.165) is 34.8 Å². The molecule has 5 heteroatoms. The van der Waals surface area contributed by atoms with Crippen LogP contribution in [0.4, 0.5) is 0 Å². The van der Waals surface area contributed by atoms with Gasteiger partial charge in [0.2, 0.25) is 0 Å². The molecule has 1 N–H and O–H groups in total. The highest BCUT2D eigenvalue weighted by Gasteiger charge is 2.17. The number of aliphatic hydroxyl groups excluding tert-OH is 1. The van der Waals surface area contributed by atoms with Gasteiger partial charge in [-0.1, -0.05) is 0 Å². The van der Waals surface area contributed by atoms with Gasteiger partial charge in [-0.05, 0) is 26.8 Å². The van der Waals surface area contributed by atoms with Crippen molar-refractivity contribution in [2.45, 2.75) is 39.8 Å². The smallest absolute Gasteiger partial charge is 0.128 e. The maximum absolute atomic E-state index is 10.4. The fourth-order valence-corrected chi connectivity index (χ4v) is 2.45. The van der Waals surface area contributed by atoms with Gasteiger partial charge in [-0.2, -0.15) is 5.10 Å². The summed E-state index contributed by atoms with van der Waals surface area (Å²) in [5.41, 5.74) is 3.65. The lowest BCUT2D eigenvalue weighted by Crippen LogP contribution is -2.12. The van der Waals surface area contributed by atoms with E-state index in [1.165, 1.54) is 0 Å². The summed E-state index contributed by atoms with van der Waals surface area (Å²) in [6, 6.07) is 1.84. The zero-order valence-corrected chi connectivity index (χ0v) is 12.4. The molecule has 1 atom stereocenters. The molecule has 0 saturated heterocycles. The average Bonchev–Trinajstić information content (AvgIpc) is 2.91. The van der Waals surface area contributed by atoms with Gasteiger partial charge in [0.1, 0.15) is 11.9 Å². The molecule has 5 nitrogen and oxygen atoms in total. The summed E-state index contributed by atoms with van der Waals surface area (Å²) in [6.45, 7) is 6.67. The van der Waals surface area contributed by atoms with Crippen molar-refractivity contribution in [2.75, 3.05) is 7.11 Å². The molecule has 108 valence electrons. The molecule has 2 aromatic rings. The minimum absolute atomic E-state index is 0.453. The van der Waals surface area contributed by atoms with Crippen LogP contribution in [0.15, 0.2) is 18.5 Å². The lowest BCUT2D eigenvalue weighted by atomic mass is 10.0. The van der Waals surface area contributed by atoms with E-state index in [4.69, 9.17) is 4.74 Å². The van der Waals surface area contributed by atoms with Crippen LogP contribution in [-0.2, 0) is 13.0 Å². The molecule has 0 aromatic carbocycles. The Bertz CT molecular complexity index is 593. The monoisotopic (exact) mass is 275 g/mol. The number of aliphatic hydroxyl groups is 1. The van der Waals surface area contributed by atoms with Crippen LogP contribution >= 0.6 is 0 Å². The quantitative estimate of drug-likeness (QED) is 0.908. The molecule has 0 aliphatic carbocycles. The summed E-state index contributed by atoms with van der Waals surface area (Å²) in [6.07, 6.45) is 3.33. The van der Waals surface area contributed by atoms with E-state index in [9.17, 15) is 5.11 Å². The first kappa shape index (κ1) is 14.5. The molecule has 0 bridgehead atoms. The Hall–Kier alpha value is -1.88.